The third-order valence-corrected chi connectivity index (χ3v) is 5.62. The minimum Gasteiger partial charge on any atom is -0.314 e. The van der Waals surface area contributed by atoms with Gasteiger partial charge in [0.25, 0.3) is 5.91 Å². The smallest absolute Gasteiger partial charge is 0.285 e. The van der Waals surface area contributed by atoms with Gasteiger partial charge in [-0.25, -0.2) is 0 Å². The van der Waals surface area contributed by atoms with Crippen LogP contribution in [0.5, 0.6) is 0 Å². The molecule has 0 spiro atoms. The number of hydrogen-bond acceptors (Lipinski definition) is 2. The number of hydrogen-bond donors (Lipinski definition) is 0. The molecule has 0 N–H and O–H groups in total. The minimum absolute atomic E-state index is 0. The second-order valence-electron chi connectivity index (χ2n) is 6.53. The third-order valence-electron chi connectivity index (χ3n) is 5.62. The summed E-state index contributed by atoms with van der Waals surface area (Å²) in [5.74, 6) is 0.242. The van der Waals surface area contributed by atoms with Gasteiger partial charge in [-0.05, 0) is 57.9 Å². The maximum atomic E-state index is 13.1. The molecule has 1 unspecified atom stereocenters. The summed E-state index contributed by atoms with van der Waals surface area (Å²) in [5, 5.41) is 9.11. The molecule has 1 aromatic rings. The summed E-state index contributed by atoms with van der Waals surface area (Å²) in [6.07, 6.45) is 0.910. The van der Waals surface area contributed by atoms with E-state index in [1.54, 1.807) is 0 Å². The standard InChI is InChI=1S/C19H28N3O.Y/c1-6-22(7-2,8-3)17-9-10-21(19(17)23)18-14(4)11-16(13-20)12-15(18)5;/h11-12,17H,6-10H2,1-5H3;/q+1;. The Hall–Kier alpha value is -0.756. The zero-order chi connectivity index (χ0) is 17.2. The fourth-order valence-corrected chi connectivity index (χ4v) is 4.17. The molecule has 1 atom stereocenters. The van der Waals surface area contributed by atoms with E-state index >= 15 is 0 Å². The Morgan fingerprint density at radius 2 is 1.67 bits per heavy atom. The number of nitrogens with zero attached hydrogens (tertiary/aromatic N) is 3. The summed E-state index contributed by atoms with van der Waals surface area (Å²) in [5.41, 5.74) is 3.68. The van der Waals surface area contributed by atoms with E-state index in [-0.39, 0.29) is 44.7 Å². The van der Waals surface area contributed by atoms with Gasteiger partial charge >= 0.3 is 0 Å². The average molecular weight is 403 g/mol. The quantitative estimate of drug-likeness (QED) is 0.709. The Morgan fingerprint density at radius 3 is 2.08 bits per heavy atom. The van der Waals surface area contributed by atoms with Crippen LogP contribution in [0.1, 0.15) is 43.9 Å². The molecule has 1 heterocycles. The maximum Gasteiger partial charge on any atom is 0.285 e. The number of rotatable bonds is 5. The van der Waals surface area contributed by atoms with Crippen molar-refractivity contribution < 1.29 is 42.0 Å². The van der Waals surface area contributed by atoms with Crippen molar-refractivity contribution in [2.24, 2.45) is 0 Å². The molecule has 1 radical (unpaired) electrons. The normalized spacial score (nSPS) is 17.6. The molecule has 1 amide bonds. The van der Waals surface area contributed by atoms with Crippen LogP contribution >= 0.6 is 0 Å². The van der Waals surface area contributed by atoms with Crippen LogP contribution in [0.4, 0.5) is 5.69 Å². The van der Waals surface area contributed by atoms with Gasteiger partial charge in [0, 0.05) is 51.4 Å². The predicted octanol–water partition coefficient (Wildman–Crippen LogP) is 3.15. The van der Waals surface area contributed by atoms with Crippen LogP contribution in [0.25, 0.3) is 0 Å². The molecule has 1 fully saturated rings. The van der Waals surface area contributed by atoms with Crippen molar-refractivity contribution in [2.45, 2.75) is 47.1 Å². The van der Waals surface area contributed by atoms with Crippen LogP contribution in [0.3, 0.4) is 0 Å². The van der Waals surface area contributed by atoms with E-state index in [0.717, 1.165) is 53.9 Å². The monoisotopic (exact) mass is 403 g/mol. The van der Waals surface area contributed by atoms with Gasteiger partial charge in [0.2, 0.25) is 0 Å². The van der Waals surface area contributed by atoms with Crippen molar-refractivity contribution in [1.82, 2.24) is 0 Å². The molecule has 127 valence electrons. The molecule has 0 aliphatic carbocycles. The van der Waals surface area contributed by atoms with E-state index in [0.29, 0.717) is 5.56 Å². The molecule has 24 heavy (non-hydrogen) atoms. The number of carbonyl (C=O) groups excluding carboxylic acids is 1. The molecule has 2 rings (SSSR count). The van der Waals surface area contributed by atoms with Crippen LogP contribution < -0.4 is 4.90 Å². The first-order valence-electron chi connectivity index (χ1n) is 8.62. The van der Waals surface area contributed by atoms with E-state index in [1.165, 1.54) is 0 Å². The topological polar surface area (TPSA) is 44.1 Å². The molecular weight excluding hydrogens is 375 g/mol. The molecule has 5 heteroatoms. The Labute approximate surface area is 171 Å². The number of quaternary nitrogens is 1. The van der Waals surface area contributed by atoms with Gasteiger partial charge < -0.3 is 9.38 Å². The van der Waals surface area contributed by atoms with Crippen LogP contribution in [0.2, 0.25) is 0 Å². The molecular formula is C19H28N3OY+. The second kappa shape index (κ2) is 8.56. The zero-order valence-electron chi connectivity index (χ0n) is 15.6. The van der Waals surface area contributed by atoms with Crippen LogP contribution in [0, 0.1) is 25.2 Å². The number of amides is 1. The average Bonchev–Trinajstić information content (AvgIpc) is 2.91. The van der Waals surface area contributed by atoms with Crippen LogP contribution in [0.15, 0.2) is 12.1 Å². The summed E-state index contributed by atoms with van der Waals surface area (Å²) >= 11 is 0. The Balaban J connectivity index is 0.00000288. The molecule has 0 saturated carbocycles. The number of anilines is 1. The maximum absolute atomic E-state index is 13.1. The molecule has 1 aromatic carbocycles. The van der Waals surface area contributed by atoms with Crippen LogP contribution in [-0.4, -0.2) is 42.6 Å². The Morgan fingerprint density at radius 1 is 1.17 bits per heavy atom. The predicted molar refractivity (Wildman–Crippen MR) is 93.3 cm³/mol. The number of benzene rings is 1. The molecule has 0 aromatic heterocycles. The summed E-state index contributed by atoms with van der Waals surface area (Å²) < 4.78 is 0.865. The van der Waals surface area contributed by atoms with Crippen molar-refractivity contribution in [1.29, 1.82) is 5.26 Å². The fraction of sp³-hybridized carbons (Fsp3) is 0.579. The minimum atomic E-state index is 0. The SMILES string of the molecule is CC[N+](CC)(CC)C1CCN(c2c(C)cc(C#N)cc2C)C1=O.[Y]. The van der Waals surface area contributed by atoms with E-state index in [1.807, 2.05) is 30.9 Å². The Bertz CT molecular complexity index is 615. The van der Waals surface area contributed by atoms with E-state index in [4.69, 9.17) is 5.26 Å². The van der Waals surface area contributed by atoms with Gasteiger partial charge in [0.05, 0.1) is 31.3 Å². The van der Waals surface area contributed by atoms with Crippen molar-refractivity contribution in [3.05, 3.63) is 28.8 Å². The first-order valence-corrected chi connectivity index (χ1v) is 8.62. The number of likely N-dealkylation sites (N-methyl/N-ethyl adjacent to an activating group) is 1. The van der Waals surface area contributed by atoms with Crippen LogP contribution in [-0.2, 0) is 37.5 Å². The van der Waals surface area contributed by atoms with Crippen molar-refractivity contribution in [3.8, 4) is 6.07 Å². The second-order valence-corrected chi connectivity index (χ2v) is 6.53. The molecule has 4 nitrogen and oxygen atoms in total. The summed E-state index contributed by atoms with van der Waals surface area (Å²) in [4.78, 5) is 15.1. The summed E-state index contributed by atoms with van der Waals surface area (Å²) in [7, 11) is 0. The largest absolute Gasteiger partial charge is 0.314 e. The zero-order valence-corrected chi connectivity index (χ0v) is 18.4. The van der Waals surface area contributed by atoms with E-state index < -0.39 is 0 Å². The molecule has 1 saturated heterocycles. The van der Waals surface area contributed by atoms with Gasteiger partial charge in [-0.15, -0.1) is 0 Å². The van der Waals surface area contributed by atoms with E-state index in [2.05, 4.69) is 26.8 Å². The number of nitriles is 1. The van der Waals surface area contributed by atoms with Gasteiger partial charge in [0.1, 0.15) is 0 Å². The summed E-state index contributed by atoms with van der Waals surface area (Å²) in [6, 6.07) is 6.01. The molecule has 1 aliphatic rings. The van der Waals surface area contributed by atoms with Crippen molar-refractivity contribution >= 4 is 11.6 Å². The number of aryl methyl sites for hydroxylation is 2. The Kier molecular flexibility index (Phi) is 7.59. The van der Waals surface area contributed by atoms with Gasteiger partial charge in [-0.2, -0.15) is 5.26 Å². The van der Waals surface area contributed by atoms with Gasteiger partial charge in [0.15, 0.2) is 6.04 Å². The van der Waals surface area contributed by atoms with Gasteiger partial charge in [-0.1, -0.05) is 0 Å². The van der Waals surface area contributed by atoms with E-state index in [9.17, 15) is 4.79 Å². The van der Waals surface area contributed by atoms with Crippen molar-refractivity contribution in [3.63, 3.8) is 0 Å². The van der Waals surface area contributed by atoms with Gasteiger partial charge in [-0.3, -0.25) is 4.79 Å². The molecule has 1 aliphatic heterocycles. The van der Waals surface area contributed by atoms with Crippen molar-refractivity contribution in [2.75, 3.05) is 31.1 Å². The first-order chi connectivity index (χ1) is 10.9. The first kappa shape index (κ1) is 21.3. The third kappa shape index (κ3) is 3.59. The molecule has 0 bridgehead atoms. The summed E-state index contributed by atoms with van der Waals surface area (Å²) in [6.45, 7) is 14.3. The fourth-order valence-electron chi connectivity index (χ4n) is 4.17. The number of carbonyl (C=O) groups is 1.